The van der Waals surface area contributed by atoms with E-state index >= 15 is 0 Å². The van der Waals surface area contributed by atoms with Gasteiger partial charge < -0.3 is 10.1 Å². The first kappa shape index (κ1) is 22.1. The summed E-state index contributed by atoms with van der Waals surface area (Å²) < 4.78 is 31.9. The highest BCUT2D eigenvalue weighted by molar-refractivity contribution is 7.89. The van der Waals surface area contributed by atoms with Crippen LogP contribution in [0.1, 0.15) is 16.1 Å². The Morgan fingerprint density at radius 2 is 1.84 bits per heavy atom. The Labute approximate surface area is 179 Å². The van der Waals surface area contributed by atoms with Gasteiger partial charge in [-0.05, 0) is 23.8 Å². The summed E-state index contributed by atoms with van der Waals surface area (Å²) in [6.45, 7) is -0.122. The highest BCUT2D eigenvalue weighted by atomic mass is 32.2. The molecule has 0 saturated carbocycles. The molecule has 162 valence electrons. The second kappa shape index (κ2) is 9.49. The molecule has 1 N–H and O–H groups in total. The standard InChI is InChI=1S/C20H21N5O5S/c1-24(2)31(28,29)17-10-6-9-16(11-17)21-19(26)14-30-20(27)18-13-25(23-22-18)12-15-7-4-3-5-8-15/h3-11,13H,12,14H2,1-2H3,(H,21,26). The van der Waals surface area contributed by atoms with Gasteiger partial charge in [-0.25, -0.2) is 22.2 Å². The van der Waals surface area contributed by atoms with Crippen LogP contribution in [0.15, 0.2) is 65.7 Å². The molecule has 31 heavy (non-hydrogen) atoms. The van der Waals surface area contributed by atoms with Gasteiger partial charge in [-0.1, -0.05) is 41.6 Å². The average molecular weight is 443 g/mol. The molecule has 2 aromatic carbocycles. The fourth-order valence-corrected chi connectivity index (χ4v) is 3.53. The van der Waals surface area contributed by atoms with Crippen LogP contribution < -0.4 is 5.32 Å². The van der Waals surface area contributed by atoms with Crippen molar-refractivity contribution in [3.05, 3.63) is 72.1 Å². The van der Waals surface area contributed by atoms with E-state index < -0.39 is 28.5 Å². The van der Waals surface area contributed by atoms with Gasteiger partial charge in [0.2, 0.25) is 10.0 Å². The number of nitrogens with one attached hydrogen (secondary N) is 1. The molecule has 1 heterocycles. The Bertz CT molecular complexity index is 1180. The smallest absolute Gasteiger partial charge is 0.361 e. The maximum Gasteiger partial charge on any atom is 0.361 e. The van der Waals surface area contributed by atoms with Crippen molar-refractivity contribution in [1.29, 1.82) is 0 Å². The molecule has 3 rings (SSSR count). The molecule has 0 bridgehead atoms. The lowest BCUT2D eigenvalue weighted by Crippen LogP contribution is -2.23. The first-order valence-corrected chi connectivity index (χ1v) is 10.6. The summed E-state index contributed by atoms with van der Waals surface area (Å²) in [6, 6.07) is 15.3. The summed E-state index contributed by atoms with van der Waals surface area (Å²) in [7, 11) is -0.813. The Hall–Kier alpha value is -3.57. The van der Waals surface area contributed by atoms with Crippen LogP contribution in [-0.2, 0) is 26.1 Å². The van der Waals surface area contributed by atoms with Gasteiger partial charge in [0.25, 0.3) is 5.91 Å². The van der Waals surface area contributed by atoms with Crippen LogP contribution in [-0.4, -0.2) is 60.3 Å². The van der Waals surface area contributed by atoms with Crippen molar-refractivity contribution in [3.63, 3.8) is 0 Å². The fourth-order valence-electron chi connectivity index (χ4n) is 2.59. The van der Waals surface area contributed by atoms with Crippen LogP contribution in [0.3, 0.4) is 0 Å². The number of aromatic nitrogens is 3. The van der Waals surface area contributed by atoms with Gasteiger partial charge >= 0.3 is 5.97 Å². The predicted molar refractivity (Wildman–Crippen MR) is 112 cm³/mol. The van der Waals surface area contributed by atoms with Crippen molar-refractivity contribution >= 4 is 27.6 Å². The molecule has 0 radical (unpaired) electrons. The molecule has 0 spiro atoms. The molecule has 0 unspecified atom stereocenters. The number of ether oxygens (including phenoxy) is 1. The summed E-state index contributed by atoms with van der Waals surface area (Å²) >= 11 is 0. The van der Waals surface area contributed by atoms with E-state index in [1.165, 1.54) is 49.2 Å². The molecule has 11 heteroatoms. The molecule has 0 atom stereocenters. The van der Waals surface area contributed by atoms with Gasteiger partial charge in [0.1, 0.15) is 0 Å². The van der Waals surface area contributed by atoms with E-state index in [4.69, 9.17) is 4.74 Å². The van der Waals surface area contributed by atoms with Crippen molar-refractivity contribution in [2.45, 2.75) is 11.4 Å². The quantitative estimate of drug-likeness (QED) is 0.522. The second-order valence-electron chi connectivity index (χ2n) is 6.73. The number of carbonyl (C=O) groups excluding carboxylic acids is 2. The zero-order chi connectivity index (χ0) is 22.4. The Morgan fingerprint density at radius 1 is 1.10 bits per heavy atom. The lowest BCUT2D eigenvalue weighted by molar-refractivity contribution is -0.119. The van der Waals surface area contributed by atoms with Crippen molar-refractivity contribution in [2.24, 2.45) is 0 Å². The molecule has 0 saturated heterocycles. The zero-order valence-corrected chi connectivity index (χ0v) is 17.7. The predicted octanol–water partition coefficient (Wildman–Crippen LogP) is 1.37. The van der Waals surface area contributed by atoms with E-state index in [-0.39, 0.29) is 16.3 Å². The van der Waals surface area contributed by atoms with Gasteiger partial charge in [-0.2, -0.15) is 0 Å². The largest absolute Gasteiger partial charge is 0.451 e. The van der Waals surface area contributed by atoms with E-state index in [1.807, 2.05) is 30.3 Å². The molecule has 0 aliphatic heterocycles. The molecular formula is C20H21N5O5S. The number of hydrogen-bond acceptors (Lipinski definition) is 7. The average Bonchev–Trinajstić information content (AvgIpc) is 3.21. The first-order valence-electron chi connectivity index (χ1n) is 9.19. The lowest BCUT2D eigenvalue weighted by Gasteiger charge is -2.12. The maximum absolute atomic E-state index is 12.2. The third kappa shape index (κ3) is 5.74. The fraction of sp³-hybridized carbons (Fsp3) is 0.200. The van der Waals surface area contributed by atoms with Crippen LogP contribution in [0.5, 0.6) is 0 Å². The summed E-state index contributed by atoms with van der Waals surface area (Å²) in [5.74, 6) is -1.41. The monoisotopic (exact) mass is 443 g/mol. The third-order valence-electron chi connectivity index (χ3n) is 4.17. The Kier molecular flexibility index (Phi) is 6.78. The van der Waals surface area contributed by atoms with Gasteiger partial charge in [-0.15, -0.1) is 5.10 Å². The van der Waals surface area contributed by atoms with Crippen LogP contribution in [0.25, 0.3) is 0 Å². The minimum atomic E-state index is -3.64. The number of anilines is 1. The minimum absolute atomic E-state index is 0.0252. The maximum atomic E-state index is 12.2. The van der Waals surface area contributed by atoms with Gasteiger partial charge in [-0.3, -0.25) is 4.79 Å². The molecule has 1 amide bonds. The van der Waals surface area contributed by atoms with Crippen LogP contribution in [0.4, 0.5) is 5.69 Å². The normalized spacial score (nSPS) is 11.3. The van der Waals surface area contributed by atoms with Gasteiger partial charge in [0.15, 0.2) is 12.3 Å². The van der Waals surface area contributed by atoms with E-state index in [0.717, 1.165) is 9.87 Å². The topological polar surface area (TPSA) is 123 Å². The number of amides is 1. The summed E-state index contributed by atoms with van der Waals surface area (Å²) in [5.41, 5.74) is 1.23. The minimum Gasteiger partial charge on any atom is -0.451 e. The van der Waals surface area contributed by atoms with Crippen LogP contribution >= 0.6 is 0 Å². The number of hydrogen-bond donors (Lipinski definition) is 1. The third-order valence-corrected chi connectivity index (χ3v) is 5.98. The van der Waals surface area contributed by atoms with Crippen molar-refractivity contribution < 1.29 is 22.7 Å². The molecule has 3 aromatic rings. The van der Waals surface area contributed by atoms with E-state index in [9.17, 15) is 18.0 Å². The number of esters is 1. The highest BCUT2D eigenvalue weighted by Crippen LogP contribution is 2.18. The lowest BCUT2D eigenvalue weighted by atomic mass is 10.2. The highest BCUT2D eigenvalue weighted by Gasteiger charge is 2.18. The van der Waals surface area contributed by atoms with E-state index in [0.29, 0.717) is 6.54 Å². The number of rotatable bonds is 8. The SMILES string of the molecule is CN(C)S(=O)(=O)c1cccc(NC(=O)COC(=O)c2cn(Cc3ccccc3)nn2)c1. The zero-order valence-electron chi connectivity index (χ0n) is 16.9. The molecule has 0 aliphatic carbocycles. The molecular weight excluding hydrogens is 422 g/mol. The number of sulfonamides is 1. The van der Waals surface area contributed by atoms with Crippen molar-refractivity contribution in [3.8, 4) is 0 Å². The molecule has 10 nitrogen and oxygen atoms in total. The van der Waals surface area contributed by atoms with Crippen LogP contribution in [0.2, 0.25) is 0 Å². The second-order valence-corrected chi connectivity index (χ2v) is 8.88. The van der Waals surface area contributed by atoms with Crippen LogP contribution in [0, 0.1) is 0 Å². The number of benzene rings is 2. The summed E-state index contributed by atoms with van der Waals surface area (Å²) in [6.07, 6.45) is 1.43. The van der Waals surface area contributed by atoms with Gasteiger partial charge in [0.05, 0.1) is 17.6 Å². The first-order chi connectivity index (χ1) is 14.8. The summed E-state index contributed by atoms with van der Waals surface area (Å²) in [4.78, 5) is 24.3. The van der Waals surface area contributed by atoms with E-state index in [1.54, 1.807) is 0 Å². The Morgan fingerprint density at radius 3 is 2.55 bits per heavy atom. The van der Waals surface area contributed by atoms with E-state index in [2.05, 4.69) is 15.6 Å². The number of carbonyl (C=O) groups is 2. The number of nitrogens with zero attached hydrogens (tertiary/aromatic N) is 4. The Balaban J connectivity index is 1.55. The van der Waals surface area contributed by atoms with Gasteiger partial charge in [0, 0.05) is 19.8 Å². The summed E-state index contributed by atoms with van der Waals surface area (Å²) in [5, 5.41) is 10.1. The molecule has 0 fully saturated rings. The molecule has 1 aromatic heterocycles. The molecule has 0 aliphatic rings. The van der Waals surface area contributed by atoms with Crippen molar-refractivity contribution in [1.82, 2.24) is 19.3 Å². The van der Waals surface area contributed by atoms with Crippen molar-refractivity contribution in [2.75, 3.05) is 26.0 Å².